The van der Waals surface area contributed by atoms with E-state index in [1.807, 2.05) is 6.07 Å². The van der Waals surface area contributed by atoms with Gasteiger partial charge in [-0.3, -0.25) is 4.90 Å². The normalized spacial score (nSPS) is 19.2. The fourth-order valence-corrected chi connectivity index (χ4v) is 2.61. The van der Waals surface area contributed by atoms with E-state index in [4.69, 9.17) is 5.73 Å². The average molecular weight is 298 g/mol. The van der Waals surface area contributed by atoms with Crippen molar-refractivity contribution in [2.45, 2.75) is 13.0 Å². The monoisotopic (exact) mass is 297 g/mol. The second kappa shape index (κ2) is 5.85. The van der Waals surface area contributed by atoms with Gasteiger partial charge in [0.25, 0.3) is 0 Å². The maximum atomic E-state index is 5.80. The predicted molar refractivity (Wildman–Crippen MR) is 75.9 cm³/mol. The summed E-state index contributed by atoms with van der Waals surface area (Å²) in [5.41, 5.74) is 7.94. The van der Waals surface area contributed by atoms with Crippen LogP contribution in [-0.4, -0.2) is 43.0 Å². The van der Waals surface area contributed by atoms with Crippen molar-refractivity contribution in [3.8, 4) is 0 Å². The number of halogens is 1. The van der Waals surface area contributed by atoms with Crippen LogP contribution in [0.5, 0.6) is 0 Å². The summed E-state index contributed by atoms with van der Waals surface area (Å²) >= 11 is 3.48. The van der Waals surface area contributed by atoms with Gasteiger partial charge in [-0.25, -0.2) is 0 Å². The lowest BCUT2D eigenvalue weighted by Crippen LogP contribution is -2.28. The number of nitrogen functional groups attached to an aromatic ring is 1. The van der Waals surface area contributed by atoms with Gasteiger partial charge in [-0.2, -0.15) is 0 Å². The zero-order valence-electron chi connectivity index (χ0n) is 10.3. The van der Waals surface area contributed by atoms with E-state index in [0.29, 0.717) is 0 Å². The molecule has 0 radical (unpaired) electrons. The molecule has 0 aliphatic carbocycles. The van der Waals surface area contributed by atoms with Gasteiger partial charge >= 0.3 is 0 Å². The minimum atomic E-state index is 0.810. The fraction of sp³-hybridized carbons (Fsp3) is 0.538. The van der Waals surface area contributed by atoms with Crippen LogP contribution in [0.15, 0.2) is 22.7 Å². The molecule has 94 valence electrons. The zero-order valence-corrected chi connectivity index (χ0v) is 11.9. The Morgan fingerprint density at radius 1 is 1.24 bits per heavy atom. The van der Waals surface area contributed by atoms with Crippen molar-refractivity contribution in [2.75, 3.05) is 39.0 Å². The third-order valence-corrected chi connectivity index (χ3v) is 3.97. The van der Waals surface area contributed by atoms with Gasteiger partial charge in [-0.15, -0.1) is 0 Å². The highest BCUT2D eigenvalue weighted by Crippen LogP contribution is 2.21. The molecule has 17 heavy (non-hydrogen) atoms. The number of likely N-dealkylation sites (N-methyl/N-ethyl adjacent to an activating group) is 1. The van der Waals surface area contributed by atoms with Crippen LogP contribution < -0.4 is 5.73 Å². The molecule has 1 saturated heterocycles. The summed E-state index contributed by atoms with van der Waals surface area (Å²) in [5, 5.41) is 0. The van der Waals surface area contributed by atoms with Crippen LogP contribution in [0.3, 0.4) is 0 Å². The Kier molecular flexibility index (Phi) is 4.42. The van der Waals surface area contributed by atoms with Crippen molar-refractivity contribution in [2.24, 2.45) is 0 Å². The van der Waals surface area contributed by atoms with Crippen LogP contribution in [-0.2, 0) is 6.54 Å². The van der Waals surface area contributed by atoms with Gasteiger partial charge in [0.05, 0.1) is 0 Å². The maximum absolute atomic E-state index is 5.80. The van der Waals surface area contributed by atoms with Gasteiger partial charge in [-0.1, -0.05) is 6.07 Å². The van der Waals surface area contributed by atoms with Crippen molar-refractivity contribution < 1.29 is 0 Å². The summed E-state index contributed by atoms with van der Waals surface area (Å²) in [6.07, 6.45) is 1.26. The molecular formula is C13H20BrN3. The number of hydrogen-bond acceptors (Lipinski definition) is 3. The maximum Gasteiger partial charge on any atom is 0.0458 e. The summed E-state index contributed by atoms with van der Waals surface area (Å²) < 4.78 is 1.00. The van der Waals surface area contributed by atoms with E-state index < -0.39 is 0 Å². The van der Waals surface area contributed by atoms with Crippen molar-refractivity contribution in [1.82, 2.24) is 9.80 Å². The molecule has 1 aromatic rings. The van der Waals surface area contributed by atoms with Crippen LogP contribution >= 0.6 is 15.9 Å². The van der Waals surface area contributed by atoms with Gasteiger partial charge in [0.1, 0.15) is 0 Å². The molecule has 1 fully saturated rings. The third kappa shape index (κ3) is 3.69. The lowest BCUT2D eigenvalue weighted by Gasteiger charge is -2.20. The van der Waals surface area contributed by atoms with E-state index in [0.717, 1.165) is 29.8 Å². The first-order valence-corrected chi connectivity index (χ1v) is 6.89. The molecular weight excluding hydrogens is 278 g/mol. The SMILES string of the molecule is CN1CCCN(Cc2ccc(N)c(Br)c2)CC1. The number of rotatable bonds is 2. The van der Waals surface area contributed by atoms with Gasteiger partial charge in [0.15, 0.2) is 0 Å². The smallest absolute Gasteiger partial charge is 0.0458 e. The number of hydrogen-bond donors (Lipinski definition) is 1. The molecule has 0 saturated carbocycles. The lowest BCUT2D eigenvalue weighted by atomic mass is 10.2. The molecule has 1 heterocycles. The highest BCUT2D eigenvalue weighted by Gasteiger charge is 2.12. The minimum absolute atomic E-state index is 0.810. The van der Waals surface area contributed by atoms with Gasteiger partial charge in [-0.05, 0) is 60.2 Å². The first kappa shape index (κ1) is 12.9. The van der Waals surface area contributed by atoms with Crippen LogP contribution in [0, 0.1) is 0 Å². The molecule has 0 unspecified atom stereocenters. The molecule has 0 amide bonds. The van der Waals surface area contributed by atoms with Crippen LogP contribution in [0.4, 0.5) is 5.69 Å². The average Bonchev–Trinajstić information content (AvgIpc) is 2.49. The Labute approximate surface area is 112 Å². The predicted octanol–water partition coefficient (Wildman–Crippen LogP) is 2.17. The van der Waals surface area contributed by atoms with E-state index in [1.54, 1.807) is 0 Å². The number of anilines is 1. The van der Waals surface area contributed by atoms with Crippen molar-refractivity contribution in [3.05, 3.63) is 28.2 Å². The highest BCUT2D eigenvalue weighted by atomic mass is 79.9. The summed E-state index contributed by atoms with van der Waals surface area (Å²) in [4.78, 5) is 4.92. The summed E-state index contributed by atoms with van der Waals surface area (Å²) in [7, 11) is 2.20. The molecule has 3 nitrogen and oxygen atoms in total. The Morgan fingerprint density at radius 3 is 2.82 bits per heavy atom. The number of nitrogens with zero attached hydrogens (tertiary/aromatic N) is 2. The molecule has 1 aromatic carbocycles. The van der Waals surface area contributed by atoms with E-state index in [1.165, 1.54) is 25.1 Å². The highest BCUT2D eigenvalue weighted by molar-refractivity contribution is 9.10. The van der Waals surface area contributed by atoms with Gasteiger partial charge in [0, 0.05) is 29.8 Å². The van der Waals surface area contributed by atoms with E-state index in [-0.39, 0.29) is 0 Å². The van der Waals surface area contributed by atoms with Crippen LogP contribution in [0.25, 0.3) is 0 Å². The Morgan fingerprint density at radius 2 is 2.06 bits per heavy atom. The van der Waals surface area contributed by atoms with Gasteiger partial charge < -0.3 is 10.6 Å². The molecule has 2 N–H and O–H groups in total. The molecule has 0 aromatic heterocycles. The second-order valence-corrected chi connectivity index (χ2v) is 5.64. The summed E-state index contributed by atoms with van der Waals surface area (Å²) in [6, 6.07) is 6.22. The zero-order chi connectivity index (χ0) is 12.3. The van der Waals surface area contributed by atoms with Crippen molar-refractivity contribution >= 4 is 21.6 Å². The molecule has 0 spiro atoms. The van der Waals surface area contributed by atoms with Crippen LogP contribution in [0.2, 0.25) is 0 Å². The second-order valence-electron chi connectivity index (χ2n) is 4.79. The summed E-state index contributed by atoms with van der Waals surface area (Å²) in [5.74, 6) is 0. The molecule has 1 aliphatic heterocycles. The fourth-order valence-electron chi connectivity index (χ4n) is 2.19. The van der Waals surface area contributed by atoms with Crippen molar-refractivity contribution in [3.63, 3.8) is 0 Å². The van der Waals surface area contributed by atoms with E-state index >= 15 is 0 Å². The molecule has 0 atom stereocenters. The molecule has 2 rings (SSSR count). The summed E-state index contributed by atoms with van der Waals surface area (Å²) in [6.45, 7) is 5.73. The molecule has 0 bridgehead atoms. The standard InChI is InChI=1S/C13H20BrN3/c1-16-5-2-6-17(8-7-16)10-11-3-4-13(15)12(14)9-11/h3-4,9H,2,5-8,10,15H2,1H3. The quantitative estimate of drug-likeness (QED) is 0.849. The first-order chi connectivity index (χ1) is 8.15. The lowest BCUT2D eigenvalue weighted by molar-refractivity contribution is 0.269. The number of nitrogens with two attached hydrogens (primary N) is 1. The van der Waals surface area contributed by atoms with E-state index in [9.17, 15) is 0 Å². The number of benzene rings is 1. The Hall–Kier alpha value is -0.580. The third-order valence-electron chi connectivity index (χ3n) is 3.28. The molecule has 4 heteroatoms. The largest absolute Gasteiger partial charge is 0.398 e. The first-order valence-electron chi connectivity index (χ1n) is 6.10. The van der Waals surface area contributed by atoms with Crippen LogP contribution in [0.1, 0.15) is 12.0 Å². The minimum Gasteiger partial charge on any atom is -0.398 e. The Bertz CT molecular complexity index is 381. The van der Waals surface area contributed by atoms with Gasteiger partial charge in [0.2, 0.25) is 0 Å². The van der Waals surface area contributed by atoms with Crippen molar-refractivity contribution in [1.29, 1.82) is 0 Å². The Balaban J connectivity index is 1.97. The topological polar surface area (TPSA) is 32.5 Å². The molecule has 1 aliphatic rings. The van der Waals surface area contributed by atoms with E-state index in [2.05, 4.69) is 44.9 Å².